The van der Waals surface area contributed by atoms with Gasteiger partial charge in [0.05, 0.1) is 30.7 Å². The van der Waals surface area contributed by atoms with Crippen LogP contribution in [0.5, 0.6) is 0 Å². The van der Waals surface area contributed by atoms with Gasteiger partial charge in [-0.25, -0.2) is 18.6 Å². The van der Waals surface area contributed by atoms with Crippen molar-refractivity contribution < 1.29 is 13.5 Å². The predicted octanol–water partition coefficient (Wildman–Crippen LogP) is 3.95. The highest BCUT2D eigenvalue weighted by molar-refractivity contribution is 5.88. The van der Waals surface area contributed by atoms with Gasteiger partial charge in [0.1, 0.15) is 17.8 Å². The number of nitrogens with one attached hydrogen (secondary N) is 1. The van der Waals surface area contributed by atoms with E-state index >= 15 is 0 Å². The summed E-state index contributed by atoms with van der Waals surface area (Å²) in [5, 5.41) is 3.19. The van der Waals surface area contributed by atoms with Crippen LogP contribution in [0.25, 0.3) is 21.8 Å². The summed E-state index contributed by atoms with van der Waals surface area (Å²) in [6.45, 7) is 11.8. The molecule has 33 heavy (non-hydrogen) atoms. The lowest BCUT2D eigenvalue weighted by molar-refractivity contribution is -0.0266. The van der Waals surface area contributed by atoms with Crippen LogP contribution in [-0.4, -0.2) is 58.8 Å². The first-order valence-electron chi connectivity index (χ1n) is 10.5. The van der Waals surface area contributed by atoms with Crippen LogP contribution in [0.15, 0.2) is 36.9 Å². The Balaban J connectivity index is 1.59. The van der Waals surface area contributed by atoms with Gasteiger partial charge in [-0.05, 0) is 25.0 Å². The maximum absolute atomic E-state index is 13.7. The maximum atomic E-state index is 13.7. The molecule has 0 aliphatic carbocycles. The molecule has 4 heterocycles. The minimum absolute atomic E-state index is 0.294. The smallest absolute Gasteiger partial charge is 0.282 e. The number of hydrogen-bond donors (Lipinski definition) is 1. The Morgan fingerprint density at radius 1 is 1.24 bits per heavy atom. The summed E-state index contributed by atoms with van der Waals surface area (Å²) >= 11 is 0. The molecule has 0 amide bonds. The molecule has 0 radical (unpaired) electrons. The Morgan fingerprint density at radius 3 is 2.76 bits per heavy atom. The van der Waals surface area contributed by atoms with E-state index < -0.39 is 19.0 Å². The van der Waals surface area contributed by atoms with E-state index in [-0.39, 0.29) is 0 Å². The van der Waals surface area contributed by atoms with Crippen molar-refractivity contribution in [2.75, 3.05) is 48.5 Å². The quantitative estimate of drug-likeness (QED) is 0.430. The third-order valence-electron chi connectivity index (χ3n) is 5.71. The fourth-order valence-electron chi connectivity index (χ4n) is 4.05. The number of halogens is 2. The highest BCUT2D eigenvalue weighted by Crippen LogP contribution is 2.44. The van der Waals surface area contributed by atoms with Crippen LogP contribution < -0.4 is 15.1 Å². The molecule has 11 heteroatoms. The molecule has 0 saturated carbocycles. The standard InChI is InChI=1S/C22H22F2N8O/c1-14-27-18-19(30-11-22(23,24)12-30)28-21(29-20(18)31(14)8-4-5-9-33-3)32-13-26-16-7-6-15(25-2)10-17(16)32/h6-7,10,13,27H,1,4-5,8-9,11-12H2,3H3. The van der Waals surface area contributed by atoms with Gasteiger partial charge in [0, 0.05) is 20.3 Å². The summed E-state index contributed by atoms with van der Waals surface area (Å²) in [7, 11) is 1.66. The first-order chi connectivity index (χ1) is 15.9. The number of imidazole rings is 1. The Morgan fingerprint density at radius 2 is 2.03 bits per heavy atom. The number of ether oxygens (including phenoxy) is 1. The number of alkyl halides is 2. The van der Waals surface area contributed by atoms with E-state index in [1.54, 1.807) is 36.2 Å². The number of anilines is 3. The minimum atomic E-state index is -2.75. The molecule has 1 saturated heterocycles. The molecule has 0 atom stereocenters. The number of nitrogens with zero attached hydrogens (tertiary/aromatic N) is 7. The second-order valence-electron chi connectivity index (χ2n) is 8.08. The van der Waals surface area contributed by atoms with Crippen molar-refractivity contribution >= 4 is 34.0 Å². The van der Waals surface area contributed by atoms with E-state index in [9.17, 15) is 8.78 Å². The zero-order valence-corrected chi connectivity index (χ0v) is 18.1. The van der Waals surface area contributed by atoms with E-state index in [0.29, 0.717) is 59.0 Å². The zero-order chi connectivity index (χ0) is 23.2. The van der Waals surface area contributed by atoms with E-state index in [1.165, 1.54) is 4.90 Å². The summed E-state index contributed by atoms with van der Waals surface area (Å²) in [6, 6.07) is 5.16. The zero-order valence-electron chi connectivity index (χ0n) is 18.1. The number of benzene rings is 1. The number of aromatic nitrogens is 4. The molecule has 170 valence electrons. The predicted molar refractivity (Wildman–Crippen MR) is 121 cm³/mol. The summed E-state index contributed by atoms with van der Waals surface area (Å²) in [5.41, 5.74) is 2.38. The average Bonchev–Trinajstić information content (AvgIpc) is 3.34. The van der Waals surface area contributed by atoms with Crippen LogP contribution in [-0.2, 0) is 4.74 Å². The van der Waals surface area contributed by atoms with Gasteiger partial charge in [0.15, 0.2) is 17.3 Å². The van der Waals surface area contributed by atoms with Crippen LogP contribution in [0.1, 0.15) is 12.8 Å². The third kappa shape index (κ3) is 3.72. The number of rotatable bonds is 7. The molecular weight excluding hydrogens is 430 g/mol. The van der Waals surface area contributed by atoms with Gasteiger partial charge in [0.2, 0.25) is 5.95 Å². The fraction of sp³-hybridized carbons (Fsp3) is 0.364. The molecular formula is C22H22F2N8O. The van der Waals surface area contributed by atoms with E-state index in [1.807, 2.05) is 4.90 Å². The molecule has 5 rings (SSSR count). The maximum Gasteiger partial charge on any atom is 0.282 e. The molecule has 1 fully saturated rings. The number of fused-ring (bicyclic) bond motifs is 2. The topological polar surface area (TPSA) is 75.7 Å². The van der Waals surface area contributed by atoms with Gasteiger partial charge in [-0.3, -0.25) is 4.57 Å². The van der Waals surface area contributed by atoms with Crippen LogP contribution in [0, 0.1) is 6.57 Å². The number of hydrogen-bond acceptors (Lipinski definition) is 7. The molecule has 2 aliphatic heterocycles. The highest BCUT2D eigenvalue weighted by atomic mass is 19.3. The summed E-state index contributed by atoms with van der Waals surface area (Å²) in [5.74, 6) is -0.865. The molecule has 0 unspecified atom stereocenters. The molecule has 0 spiro atoms. The van der Waals surface area contributed by atoms with Crippen LogP contribution in [0.4, 0.5) is 31.8 Å². The normalized spacial score (nSPS) is 16.5. The van der Waals surface area contributed by atoms with Crippen molar-refractivity contribution in [3.05, 3.63) is 48.3 Å². The van der Waals surface area contributed by atoms with Crippen LogP contribution >= 0.6 is 0 Å². The SMILES string of the molecule is [C-]#[N+]c1ccc2ncn(-c3nc(N4CC(F)(F)C4)c4c(n3)N(CCCCOC)C(=C)N4)c2c1. The van der Waals surface area contributed by atoms with Gasteiger partial charge >= 0.3 is 0 Å². The fourth-order valence-corrected chi connectivity index (χ4v) is 4.05. The lowest BCUT2D eigenvalue weighted by Crippen LogP contribution is -2.56. The second kappa shape index (κ2) is 7.97. The Labute approximate surface area is 189 Å². The van der Waals surface area contributed by atoms with Crippen molar-refractivity contribution in [2.24, 2.45) is 0 Å². The lowest BCUT2D eigenvalue weighted by atomic mass is 10.1. The number of unbranched alkanes of at least 4 members (excludes halogenated alkanes) is 1. The van der Waals surface area contributed by atoms with Gasteiger partial charge in [-0.1, -0.05) is 12.6 Å². The Bertz CT molecular complexity index is 1270. The van der Waals surface area contributed by atoms with Crippen molar-refractivity contribution in [3.8, 4) is 5.95 Å². The van der Waals surface area contributed by atoms with E-state index in [4.69, 9.17) is 16.3 Å². The molecule has 1 aromatic carbocycles. The van der Waals surface area contributed by atoms with E-state index in [2.05, 4.69) is 26.7 Å². The molecule has 9 nitrogen and oxygen atoms in total. The van der Waals surface area contributed by atoms with Crippen molar-refractivity contribution in [1.29, 1.82) is 0 Å². The Hall–Kier alpha value is -3.78. The van der Waals surface area contributed by atoms with Crippen molar-refractivity contribution in [3.63, 3.8) is 0 Å². The molecule has 3 aromatic rings. The molecule has 1 N–H and O–H groups in total. The molecule has 0 bridgehead atoms. The van der Waals surface area contributed by atoms with Gasteiger partial charge in [-0.2, -0.15) is 9.97 Å². The first kappa shape index (κ1) is 21.1. The Kier molecular flexibility index (Phi) is 5.09. The largest absolute Gasteiger partial charge is 0.385 e. The minimum Gasteiger partial charge on any atom is -0.385 e. The summed E-state index contributed by atoms with van der Waals surface area (Å²) in [6.07, 6.45) is 3.28. The monoisotopic (exact) mass is 452 g/mol. The van der Waals surface area contributed by atoms with Gasteiger partial charge < -0.3 is 19.9 Å². The van der Waals surface area contributed by atoms with Crippen LogP contribution in [0.3, 0.4) is 0 Å². The highest BCUT2D eigenvalue weighted by Gasteiger charge is 2.46. The molecule has 2 aromatic heterocycles. The van der Waals surface area contributed by atoms with Crippen molar-refractivity contribution in [1.82, 2.24) is 19.5 Å². The van der Waals surface area contributed by atoms with Gasteiger partial charge in [0.25, 0.3) is 5.92 Å². The van der Waals surface area contributed by atoms with E-state index in [0.717, 1.165) is 12.8 Å². The van der Waals surface area contributed by atoms with Crippen molar-refractivity contribution in [2.45, 2.75) is 18.8 Å². The van der Waals surface area contributed by atoms with Crippen LogP contribution in [0.2, 0.25) is 0 Å². The first-order valence-corrected chi connectivity index (χ1v) is 10.5. The lowest BCUT2D eigenvalue weighted by Gasteiger charge is -2.40. The average molecular weight is 452 g/mol. The van der Waals surface area contributed by atoms with Gasteiger partial charge in [-0.15, -0.1) is 0 Å². The molecule has 2 aliphatic rings. The third-order valence-corrected chi connectivity index (χ3v) is 5.71. The number of methoxy groups -OCH3 is 1. The second-order valence-corrected chi connectivity index (χ2v) is 8.08. The summed E-state index contributed by atoms with van der Waals surface area (Å²) < 4.78 is 34.2. The summed E-state index contributed by atoms with van der Waals surface area (Å²) in [4.78, 5) is 20.7.